The smallest absolute Gasteiger partial charge is 0.176 e. The van der Waals surface area contributed by atoms with E-state index in [0.717, 1.165) is 23.9 Å². The van der Waals surface area contributed by atoms with Crippen LogP contribution in [0.1, 0.15) is 0 Å². The largest absolute Gasteiger partial charge is 0.350 e. The van der Waals surface area contributed by atoms with E-state index in [0.29, 0.717) is 5.82 Å². The number of anilines is 1. The molecule has 3 rings (SSSR count). The van der Waals surface area contributed by atoms with E-state index >= 15 is 0 Å². The van der Waals surface area contributed by atoms with E-state index in [4.69, 9.17) is 12.2 Å². The molecular formula is C10H11N7S. The Morgan fingerprint density at radius 2 is 2.17 bits per heavy atom. The first-order chi connectivity index (χ1) is 8.75. The SMILES string of the molecule is CN1CCN(c2ccc(-n3cnnn3)nc2)C1=S. The van der Waals surface area contributed by atoms with E-state index in [1.165, 1.54) is 11.0 Å². The number of tetrazole rings is 1. The molecule has 1 fully saturated rings. The lowest BCUT2D eigenvalue weighted by Crippen LogP contribution is -2.28. The van der Waals surface area contributed by atoms with Gasteiger partial charge in [0, 0.05) is 20.1 Å². The first-order valence-corrected chi connectivity index (χ1v) is 5.88. The second-order valence-corrected chi connectivity index (χ2v) is 4.35. The molecular weight excluding hydrogens is 250 g/mol. The standard InChI is InChI=1S/C10H11N7S/c1-15-4-5-16(10(15)18)8-2-3-9(11-6-8)17-7-12-13-14-17/h2-3,6-7H,4-5H2,1H3. The van der Waals surface area contributed by atoms with Crippen LogP contribution in [0.5, 0.6) is 0 Å². The Labute approximate surface area is 109 Å². The lowest BCUT2D eigenvalue weighted by molar-refractivity contribution is 0.571. The van der Waals surface area contributed by atoms with Gasteiger partial charge in [0.25, 0.3) is 0 Å². The van der Waals surface area contributed by atoms with Crippen molar-refractivity contribution in [3.05, 3.63) is 24.7 Å². The molecule has 0 atom stereocenters. The normalized spacial score (nSPS) is 15.5. The zero-order valence-corrected chi connectivity index (χ0v) is 10.6. The molecule has 0 radical (unpaired) electrons. The Balaban J connectivity index is 1.86. The van der Waals surface area contributed by atoms with Crippen LogP contribution in [0.3, 0.4) is 0 Å². The molecule has 0 unspecified atom stereocenters. The van der Waals surface area contributed by atoms with Crippen molar-refractivity contribution < 1.29 is 0 Å². The van der Waals surface area contributed by atoms with Crippen molar-refractivity contribution in [2.45, 2.75) is 0 Å². The molecule has 92 valence electrons. The van der Waals surface area contributed by atoms with Crippen LogP contribution >= 0.6 is 12.2 Å². The van der Waals surface area contributed by atoms with Crippen molar-refractivity contribution in [2.75, 3.05) is 25.0 Å². The van der Waals surface area contributed by atoms with E-state index < -0.39 is 0 Å². The summed E-state index contributed by atoms with van der Waals surface area (Å²) in [5.74, 6) is 0.683. The fraction of sp³-hybridized carbons (Fsp3) is 0.300. The van der Waals surface area contributed by atoms with Crippen LogP contribution in [0.2, 0.25) is 0 Å². The molecule has 7 nitrogen and oxygen atoms in total. The predicted octanol–water partition coefficient (Wildman–Crippen LogP) is 0.0940. The molecule has 0 aliphatic carbocycles. The number of nitrogens with zero attached hydrogens (tertiary/aromatic N) is 7. The average Bonchev–Trinajstić information content (AvgIpc) is 3.02. The van der Waals surface area contributed by atoms with Gasteiger partial charge in [-0.05, 0) is 34.8 Å². The third-order valence-corrected chi connectivity index (χ3v) is 3.38. The minimum Gasteiger partial charge on any atom is -0.350 e. The topological polar surface area (TPSA) is 63.0 Å². The fourth-order valence-corrected chi connectivity index (χ4v) is 2.11. The molecule has 18 heavy (non-hydrogen) atoms. The summed E-state index contributed by atoms with van der Waals surface area (Å²) < 4.78 is 1.51. The van der Waals surface area contributed by atoms with Gasteiger partial charge in [-0.25, -0.2) is 4.98 Å². The van der Waals surface area contributed by atoms with E-state index in [2.05, 4.69) is 25.4 Å². The summed E-state index contributed by atoms with van der Waals surface area (Å²) in [5.41, 5.74) is 0.987. The number of hydrogen-bond donors (Lipinski definition) is 0. The Bertz CT molecular complexity index is 550. The summed E-state index contributed by atoms with van der Waals surface area (Å²) in [6, 6.07) is 3.84. The molecule has 0 saturated carbocycles. The molecule has 0 bridgehead atoms. The van der Waals surface area contributed by atoms with Gasteiger partial charge < -0.3 is 9.80 Å². The van der Waals surface area contributed by atoms with Crippen molar-refractivity contribution in [1.29, 1.82) is 0 Å². The number of thiocarbonyl (C=S) groups is 1. The van der Waals surface area contributed by atoms with E-state index in [9.17, 15) is 0 Å². The van der Waals surface area contributed by atoms with Crippen LogP contribution in [-0.2, 0) is 0 Å². The first kappa shape index (κ1) is 11.0. The lowest BCUT2D eigenvalue weighted by Gasteiger charge is -2.18. The average molecular weight is 261 g/mol. The summed E-state index contributed by atoms with van der Waals surface area (Å²) in [4.78, 5) is 8.43. The van der Waals surface area contributed by atoms with Crippen LogP contribution in [0.25, 0.3) is 5.82 Å². The van der Waals surface area contributed by atoms with E-state index in [1.807, 2.05) is 24.1 Å². The van der Waals surface area contributed by atoms with Gasteiger partial charge in [-0.2, -0.15) is 4.68 Å². The van der Waals surface area contributed by atoms with Crippen molar-refractivity contribution >= 4 is 23.0 Å². The summed E-state index contributed by atoms with van der Waals surface area (Å²) in [6.07, 6.45) is 3.29. The highest BCUT2D eigenvalue weighted by molar-refractivity contribution is 7.80. The molecule has 2 aromatic heterocycles. The van der Waals surface area contributed by atoms with Gasteiger partial charge in [0.05, 0.1) is 11.9 Å². The molecule has 8 heteroatoms. The van der Waals surface area contributed by atoms with Gasteiger partial charge in [0.1, 0.15) is 6.33 Å². The Morgan fingerprint density at radius 1 is 1.28 bits per heavy atom. The lowest BCUT2D eigenvalue weighted by atomic mass is 10.3. The van der Waals surface area contributed by atoms with Gasteiger partial charge in [0.15, 0.2) is 10.9 Å². The summed E-state index contributed by atoms with van der Waals surface area (Å²) >= 11 is 5.34. The molecule has 0 spiro atoms. The summed E-state index contributed by atoms with van der Waals surface area (Å²) in [5, 5.41) is 11.8. The minimum atomic E-state index is 0.683. The minimum absolute atomic E-state index is 0.683. The fourth-order valence-electron chi connectivity index (χ4n) is 1.83. The molecule has 0 N–H and O–H groups in total. The third-order valence-electron chi connectivity index (χ3n) is 2.84. The number of likely N-dealkylation sites (N-methyl/N-ethyl adjacent to an activating group) is 1. The van der Waals surface area contributed by atoms with Crippen LogP contribution in [0, 0.1) is 0 Å². The Morgan fingerprint density at radius 3 is 2.72 bits per heavy atom. The molecule has 2 aromatic rings. The van der Waals surface area contributed by atoms with Gasteiger partial charge in [-0.3, -0.25) is 0 Å². The van der Waals surface area contributed by atoms with Crippen LogP contribution in [0.4, 0.5) is 5.69 Å². The van der Waals surface area contributed by atoms with Gasteiger partial charge in [-0.1, -0.05) is 0 Å². The zero-order chi connectivity index (χ0) is 12.5. The van der Waals surface area contributed by atoms with Crippen LogP contribution < -0.4 is 4.90 Å². The quantitative estimate of drug-likeness (QED) is 0.710. The summed E-state index contributed by atoms with van der Waals surface area (Å²) in [7, 11) is 1.99. The highest BCUT2D eigenvalue weighted by atomic mass is 32.1. The first-order valence-electron chi connectivity index (χ1n) is 5.48. The van der Waals surface area contributed by atoms with E-state index in [1.54, 1.807) is 6.20 Å². The Hall–Kier alpha value is -2.09. The van der Waals surface area contributed by atoms with Crippen LogP contribution in [0.15, 0.2) is 24.7 Å². The molecule has 1 saturated heterocycles. The number of pyridine rings is 1. The van der Waals surface area contributed by atoms with Crippen molar-refractivity contribution in [3.63, 3.8) is 0 Å². The molecule has 1 aliphatic heterocycles. The van der Waals surface area contributed by atoms with E-state index in [-0.39, 0.29) is 0 Å². The molecule has 3 heterocycles. The van der Waals surface area contributed by atoms with Crippen molar-refractivity contribution in [2.24, 2.45) is 0 Å². The number of rotatable bonds is 2. The maximum atomic E-state index is 5.34. The highest BCUT2D eigenvalue weighted by Gasteiger charge is 2.22. The second kappa shape index (κ2) is 4.30. The summed E-state index contributed by atoms with van der Waals surface area (Å²) in [6.45, 7) is 1.83. The van der Waals surface area contributed by atoms with Gasteiger partial charge in [-0.15, -0.1) is 5.10 Å². The number of hydrogen-bond acceptors (Lipinski definition) is 5. The second-order valence-electron chi connectivity index (χ2n) is 3.98. The number of aromatic nitrogens is 5. The Kier molecular flexibility index (Phi) is 2.63. The monoisotopic (exact) mass is 261 g/mol. The molecule has 1 aliphatic rings. The maximum absolute atomic E-state index is 5.34. The van der Waals surface area contributed by atoms with Crippen molar-refractivity contribution in [1.82, 2.24) is 30.1 Å². The third kappa shape index (κ3) is 1.80. The molecule has 0 aromatic carbocycles. The van der Waals surface area contributed by atoms with Gasteiger partial charge in [0.2, 0.25) is 0 Å². The van der Waals surface area contributed by atoms with Crippen LogP contribution in [-0.4, -0.2) is 55.3 Å². The van der Waals surface area contributed by atoms with Gasteiger partial charge >= 0.3 is 0 Å². The predicted molar refractivity (Wildman–Crippen MR) is 69.5 cm³/mol. The molecule has 0 amide bonds. The maximum Gasteiger partial charge on any atom is 0.176 e. The van der Waals surface area contributed by atoms with Crippen molar-refractivity contribution in [3.8, 4) is 5.82 Å². The highest BCUT2D eigenvalue weighted by Crippen LogP contribution is 2.19. The zero-order valence-electron chi connectivity index (χ0n) is 9.76.